The zero-order valence-corrected chi connectivity index (χ0v) is 17.3. The number of alkyl halides is 3. The lowest BCUT2D eigenvalue weighted by Crippen LogP contribution is -2.16. The molecule has 2 aromatic carbocycles. The summed E-state index contributed by atoms with van der Waals surface area (Å²) in [5.41, 5.74) is 0.853. The minimum Gasteiger partial charge on any atom is -0.457 e. The predicted octanol–water partition coefficient (Wildman–Crippen LogP) is 5.38. The van der Waals surface area contributed by atoms with E-state index in [2.05, 4.69) is 25.6 Å². The second kappa shape index (κ2) is 8.65. The molecule has 0 bridgehead atoms. The normalized spacial score (nSPS) is 12.7. The minimum absolute atomic E-state index is 0.185. The SMILES string of the molecule is CNC(O)c1cc(Oc2ccc3nc(Nc4ccc(Cl)c(C(F)(F)F)c4)[nH]c3c2)ccn1. The number of hydrogen-bond acceptors (Lipinski definition) is 6. The Bertz CT molecular complexity index is 1260. The van der Waals surface area contributed by atoms with Gasteiger partial charge in [0, 0.05) is 24.0 Å². The highest BCUT2D eigenvalue weighted by molar-refractivity contribution is 6.31. The van der Waals surface area contributed by atoms with Crippen LogP contribution >= 0.6 is 11.6 Å². The molecule has 0 radical (unpaired) electrons. The van der Waals surface area contributed by atoms with E-state index in [4.69, 9.17) is 16.3 Å². The summed E-state index contributed by atoms with van der Waals surface area (Å²) in [6.07, 6.45) is -3.97. The smallest absolute Gasteiger partial charge is 0.417 e. The number of aliphatic hydroxyl groups excluding tert-OH is 1. The van der Waals surface area contributed by atoms with Crippen molar-refractivity contribution in [1.82, 2.24) is 20.3 Å². The Hall–Kier alpha value is -3.34. The van der Waals surface area contributed by atoms with E-state index in [0.717, 1.165) is 6.07 Å². The summed E-state index contributed by atoms with van der Waals surface area (Å²) in [7, 11) is 1.60. The summed E-state index contributed by atoms with van der Waals surface area (Å²) in [6, 6.07) is 11.9. The third kappa shape index (κ3) is 4.77. The van der Waals surface area contributed by atoms with Gasteiger partial charge >= 0.3 is 6.18 Å². The van der Waals surface area contributed by atoms with Crippen molar-refractivity contribution in [3.05, 3.63) is 71.0 Å². The summed E-state index contributed by atoms with van der Waals surface area (Å²) >= 11 is 5.66. The quantitative estimate of drug-likeness (QED) is 0.287. The van der Waals surface area contributed by atoms with Crippen molar-refractivity contribution in [2.24, 2.45) is 0 Å². The number of ether oxygens (including phenoxy) is 1. The number of hydrogen-bond donors (Lipinski definition) is 4. The van der Waals surface area contributed by atoms with Crippen LogP contribution in [-0.2, 0) is 6.18 Å². The van der Waals surface area contributed by atoms with E-state index in [1.54, 1.807) is 37.4 Å². The van der Waals surface area contributed by atoms with E-state index in [-0.39, 0.29) is 16.7 Å². The van der Waals surface area contributed by atoms with Crippen LogP contribution in [0.5, 0.6) is 11.5 Å². The number of anilines is 2. The Morgan fingerprint density at radius 3 is 2.62 bits per heavy atom. The molecule has 4 rings (SSSR count). The summed E-state index contributed by atoms with van der Waals surface area (Å²) in [5, 5.41) is 15.0. The highest BCUT2D eigenvalue weighted by Crippen LogP contribution is 2.36. The molecule has 0 aliphatic heterocycles. The molecule has 0 saturated heterocycles. The molecule has 7 nitrogen and oxygen atoms in total. The molecule has 2 heterocycles. The molecule has 1 atom stereocenters. The van der Waals surface area contributed by atoms with E-state index in [9.17, 15) is 18.3 Å². The average molecular weight is 464 g/mol. The fourth-order valence-corrected chi connectivity index (χ4v) is 3.22. The maximum absolute atomic E-state index is 13.1. The van der Waals surface area contributed by atoms with Crippen molar-refractivity contribution in [3.63, 3.8) is 0 Å². The number of H-pyrrole nitrogens is 1. The van der Waals surface area contributed by atoms with Gasteiger partial charge in [0.25, 0.3) is 0 Å². The molecule has 0 fully saturated rings. The van der Waals surface area contributed by atoms with Crippen LogP contribution in [-0.4, -0.2) is 27.1 Å². The van der Waals surface area contributed by atoms with E-state index < -0.39 is 18.0 Å². The molecule has 11 heteroatoms. The Balaban J connectivity index is 1.55. The van der Waals surface area contributed by atoms with Gasteiger partial charge in [-0.05, 0) is 43.4 Å². The average Bonchev–Trinajstić information content (AvgIpc) is 3.15. The third-order valence-corrected chi connectivity index (χ3v) is 4.86. The molecule has 166 valence electrons. The fourth-order valence-electron chi connectivity index (χ4n) is 2.99. The lowest BCUT2D eigenvalue weighted by atomic mass is 10.2. The van der Waals surface area contributed by atoms with Crippen LogP contribution in [0.25, 0.3) is 11.0 Å². The summed E-state index contributed by atoms with van der Waals surface area (Å²) < 4.78 is 45.1. The zero-order chi connectivity index (χ0) is 22.9. The first kappa shape index (κ1) is 21.9. The van der Waals surface area contributed by atoms with Crippen LogP contribution in [0.4, 0.5) is 24.8 Å². The van der Waals surface area contributed by atoms with Gasteiger partial charge in [0.05, 0.1) is 27.3 Å². The van der Waals surface area contributed by atoms with Crippen molar-refractivity contribution in [1.29, 1.82) is 0 Å². The van der Waals surface area contributed by atoms with Gasteiger partial charge < -0.3 is 20.1 Å². The molecule has 0 aliphatic carbocycles. The molecule has 4 aromatic rings. The van der Waals surface area contributed by atoms with Crippen LogP contribution in [0.3, 0.4) is 0 Å². The van der Waals surface area contributed by atoms with Gasteiger partial charge in [-0.25, -0.2) is 4.98 Å². The number of rotatable bonds is 6. The van der Waals surface area contributed by atoms with Gasteiger partial charge in [-0.3, -0.25) is 10.3 Å². The second-order valence-corrected chi connectivity index (χ2v) is 7.20. The Kier molecular flexibility index (Phi) is 5.92. The first-order chi connectivity index (χ1) is 15.2. The molecule has 0 amide bonds. The molecular formula is C21H17ClF3N5O2. The van der Waals surface area contributed by atoms with Gasteiger partial charge in [-0.1, -0.05) is 11.6 Å². The Morgan fingerprint density at radius 1 is 1.09 bits per heavy atom. The van der Waals surface area contributed by atoms with E-state index >= 15 is 0 Å². The largest absolute Gasteiger partial charge is 0.457 e. The summed E-state index contributed by atoms with van der Waals surface area (Å²) in [5.74, 6) is 1.23. The van der Waals surface area contributed by atoms with Crippen LogP contribution in [0, 0.1) is 0 Å². The molecule has 4 N–H and O–H groups in total. The van der Waals surface area contributed by atoms with E-state index in [1.807, 2.05) is 0 Å². The number of aromatic nitrogens is 3. The van der Waals surface area contributed by atoms with E-state index in [0.29, 0.717) is 28.2 Å². The predicted molar refractivity (Wildman–Crippen MR) is 114 cm³/mol. The van der Waals surface area contributed by atoms with Gasteiger partial charge in [-0.2, -0.15) is 13.2 Å². The number of aromatic amines is 1. The first-order valence-corrected chi connectivity index (χ1v) is 9.73. The lowest BCUT2D eigenvalue weighted by Gasteiger charge is -2.11. The monoisotopic (exact) mass is 463 g/mol. The number of nitrogens with zero attached hydrogens (tertiary/aromatic N) is 2. The number of imidazole rings is 1. The maximum atomic E-state index is 13.1. The zero-order valence-electron chi connectivity index (χ0n) is 16.5. The number of fused-ring (bicyclic) bond motifs is 1. The molecule has 2 aromatic heterocycles. The van der Waals surface area contributed by atoms with Gasteiger partial charge in [0.1, 0.15) is 17.7 Å². The van der Waals surface area contributed by atoms with Crippen molar-refractivity contribution in [2.45, 2.75) is 12.4 Å². The first-order valence-electron chi connectivity index (χ1n) is 9.35. The fraction of sp³-hybridized carbons (Fsp3) is 0.143. The molecule has 0 spiro atoms. The Morgan fingerprint density at radius 2 is 1.88 bits per heavy atom. The third-order valence-electron chi connectivity index (χ3n) is 4.53. The standard InChI is InChI=1S/C21H17ClF3N5O2/c1-26-19(31)18-10-13(6-7-27-18)32-12-3-5-16-17(9-12)30-20(29-16)28-11-2-4-15(22)14(8-11)21(23,24)25/h2-10,19,26,31H,1H3,(H2,28,29,30). The Labute approximate surface area is 185 Å². The lowest BCUT2D eigenvalue weighted by molar-refractivity contribution is -0.137. The van der Waals surface area contributed by atoms with Gasteiger partial charge in [0.15, 0.2) is 0 Å². The number of aliphatic hydroxyl groups is 1. The molecule has 0 saturated carbocycles. The number of benzene rings is 2. The van der Waals surface area contributed by atoms with E-state index in [1.165, 1.54) is 18.3 Å². The summed E-state index contributed by atoms with van der Waals surface area (Å²) in [6.45, 7) is 0. The van der Waals surface area contributed by atoms with Crippen molar-refractivity contribution in [3.8, 4) is 11.5 Å². The number of halogens is 4. The van der Waals surface area contributed by atoms with Gasteiger partial charge in [-0.15, -0.1) is 0 Å². The van der Waals surface area contributed by atoms with Crippen LogP contribution < -0.4 is 15.4 Å². The highest BCUT2D eigenvalue weighted by Gasteiger charge is 2.33. The molecule has 1 unspecified atom stereocenters. The van der Waals surface area contributed by atoms with Crippen LogP contribution in [0.1, 0.15) is 17.5 Å². The minimum atomic E-state index is -4.56. The van der Waals surface area contributed by atoms with Crippen molar-refractivity contribution < 1.29 is 23.0 Å². The highest BCUT2D eigenvalue weighted by atomic mass is 35.5. The maximum Gasteiger partial charge on any atom is 0.417 e. The second-order valence-electron chi connectivity index (χ2n) is 6.79. The number of nitrogens with one attached hydrogen (secondary N) is 3. The van der Waals surface area contributed by atoms with Crippen LogP contribution in [0.15, 0.2) is 54.7 Å². The van der Waals surface area contributed by atoms with Crippen molar-refractivity contribution in [2.75, 3.05) is 12.4 Å². The molecule has 32 heavy (non-hydrogen) atoms. The number of pyridine rings is 1. The van der Waals surface area contributed by atoms with Crippen LogP contribution in [0.2, 0.25) is 5.02 Å². The molecule has 0 aliphatic rings. The van der Waals surface area contributed by atoms with Crippen molar-refractivity contribution >= 4 is 34.3 Å². The molecular weight excluding hydrogens is 447 g/mol. The van der Waals surface area contributed by atoms with Gasteiger partial charge in [0.2, 0.25) is 5.95 Å². The topological polar surface area (TPSA) is 95.1 Å². The summed E-state index contributed by atoms with van der Waals surface area (Å²) in [4.78, 5) is 11.4.